The molecule has 0 N–H and O–H groups in total. The van der Waals surface area contributed by atoms with E-state index in [4.69, 9.17) is 14.0 Å². The molecule has 140 valence electrons. The minimum Gasteiger partial charge on any atom is -0.497 e. The van der Waals surface area contributed by atoms with Crippen LogP contribution in [-0.4, -0.2) is 50.5 Å². The van der Waals surface area contributed by atoms with Crippen molar-refractivity contribution in [3.63, 3.8) is 0 Å². The van der Waals surface area contributed by atoms with Crippen molar-refractivity contribution in [1.29, 1.82) is 0 Å². The molecule has 0 atom stereocenters. The molecule has 0 spiro atoms. The van der Waals surface area contributed by atoms with Gasteiger partial charge in [0.25, 0.3) is 0 Å². The lowest BCUT2D eigenvalue weighted by Crippen LogP contribution is -2.46. The maximum Gasteiger partial charge on any atom is 0.324 e. The maximum absolute atomic E-state index is 5.49. The highest BCUT2D eigenvalue weighted by Crippen LogP contribution is 2.25. The van der Waals surface area contributed by atoms with E-state index in [2.05, 4.69) is 32.1 Å². The summed E-state index contributed by atoms with van der Waals surface area (Å²) in [6.45, 7) is 3.43. The molecule has 27 heavy (non-hydrogen) atoms. The number of benzene rings is 2. The zero-order chi connectivity index (χ0) is 18.6. The number of nitrogens with zero attached hydrogens (tertiary/aromatic N) is 4. The highest BCUT2D eigenvalue weighted by molar-refractivity contribution is 5.58. The summed E-state index contributed by atoms with van der Waals surface area (Å²) in [5.41, 5.74) is 2.07. The van der Waals surface area contributed by atoms with Gasteiger partial charge in [-0.25, -0.2) is 0 Å². The largest absolute Gasteiger partial charge is 0.497 e. The van der Waals surface area contributed by atoms with Gasteiger partial charge in [0.1, 0.15) is 11.5 Å². The van der Waals surface area contributed by atoms with Crippen molar-refractivity contribution in [2.45, 2.75) is 0 Å². The SMILES string of the molecule is COc1ccc(N2CCN(c3nc(-c4cccc(OC)c4)no3)CC2)cc1. The second-order valence-electron chi connectivity index (χ2n) is 6.30. The molecule has 7 nitrogen and oxygen atoms in total. The van der Waals surface area contributed by atoms with Gasteiger partial charge in [-0.05, 0) is 36.4 Å². The molecule has 1 saturated heterocycles. The third-order valence-electron chi connectivity index (χ3n) is 4.73. The first kappa shape index (κ1) is 17.2. The molecular formula is C20H22N4O3. The number of methoxy groups -OCH3 is 2. The third kappa shape index (κ3) is 3.67. The van der Waals surface area contributed by atoms with Gasteiger partial charge in [-0.1, -0.05) is 17.3 Å². The standard InChI is InChI=1S/C20H22N4O3/c1-25-17-8-6-16(7-9-17)23-10-12-24(13-11-23)20-21-19(22-27-20)15-4-3-5-18(14-15)26-2/h3-9,14H,10-13H2,1-2H3. The van der Waals surface area contributed by atoms with Gasteiger partial charge in [-0.2, -0.15) is 4.98 Å². The first-order chi connectivity index (χ1) is 13.3. The van der Waals surface area contributed by atoms with E-state index in [0.717, 1.165) is 43.2 Å². The van der Waals surface area contributed by atoms with E-state index < -0.39 is 0 Å². The van der Waals surface area contributed by atoms with Crippen molar-refractivity contribution in [3.05, 3.63) is 48.5 Å². The molecule has 4 rings (SSSR count). The fraction of sp³-hybridized carbons (Fsp3) is 0.300. The van der Waals surface area contributed by atoms with Crippen LogP contribution in [-0.2, 0) is 0 Å². The molecule has 3 aromatic rings. The molecule has 1 aliphatic heterocycles. The van der Waals surface area contributed by atoms with Gasteiger partial charge < -0.3 is 23.8 Å². The second kappa shape index (κ2) is 7.57. The number of hydrogen-bond donors (Lipinski definition) is 0. The summed E-state index contributed by atoms with van der Waals surface area (Å²) in [5.74, 6) is 2.21. The van der Waals surface area contributed by atoms with E-state index in [1.165, 1.54) is 5.69 Å². The van der Waals surface area contributed by atoms with Crippen LogP contribution >= 0.6 is 0 Å². The van der Waals surface area contributed by atoms with Crippen molar-refractivity contribution >= 4 is 11.7 Å². The summed E-state index contributed by atoms with van der Waals surface area (Å²) < 4.78 is 16.0. The Kier molecular flexibility index (Phi) is 4.82. The van der Waals surface area contributed by atoms with E-state index in [1.807, 2.05) is 36.4 Å². The van der Waals surface area contributed by atoms with Gasteiger partial charge >= 0.3 is 6.01 Å². The molecule has 0 unspecified atom stereocenters. The van der Waals surface area contributed by atoms with E-state index in [0.29, 0.717) is 11.8 Å². The normalized spacial score (nSPS) is 14.3. The quantitative estimate of drug-likeness (QED) is 0.687. The monoisotopic (exact) mass is 366 g/mol. The van der Waals surface area contributed by atoms with E-state index in [-0.39, 0.29) is 0 Å². The van der Waals surface area contributed by atoms with Crippen LogP contribution in [0.4, 0.5) is 11.7 Å². The Morgan fingerprint density at radius 2 is 1.56 bits per heavy atom. The molecule has 1 fully saturated rings. The van der Waals surface area contributed by atoms with Crippen molar-refractivity contribution in [2.75, 3.05) is 50.2 Å². The minimum absolute atomic E-state index is 0.558. The molecule has 1 aliphatic rings. The fourth-order valence-corrected chi connectivity index (χ4v) is 3.17. The number of ether oxygens (including phenoxy) is 2. The van der Waals surface area contributed by atoms with Crippen molar-refractivity contribution in [3.8, 4) is 22.9 Å². The zero-order valence-electron chi connectivity index (χ0n) is 15.5. The molecule has 2 heterocycles. The molecule has 2 aromatic carbocycles. The Morgan fingerprint density at radius 1 is 0.852 bits per heavy atom. The molecule has 0 radical (unpaired) electrons. The molecule has 0 amide bonds. The lowest BCUT2D eigenvalue weighted by atomic mass is 10.2. The number of hydrogen-bond acceptors (Lipinski definition) is 7. The average molecular weight is 366 g/mol. The van der Waals surface area contributed by atoms with E-state index in [9.17, 15) is 0 Å². The highest BCUT2D eigenvalue weighted by atomic mass is 16.5. The van der Waals surface area contributed by atoms with Crippen LogP contribution in [0.3, 0.4) is 0 Å². The smallest absolute Gasteiger partial charge is 0.324 e. The van der Waals surface area contributed by atoms with Gasteiger partial charge in [0.2, 0.25) is 5.82 Å². The lowest BCUT2D eigenvalue weighted by molar-refractivity contribution is 0.409. The van der Waals surface area contributed by atoms with Crippen LogP contribution < -0.4 is 19.3 Å². The van der Waals surface area contributed by atoms with E-state index in [1.54, 1.807) is 14.2 Å². The summed E-state index contributed by atoms with van der Waals surface area (Å²) in [7, 11) is 3.32. The van der Waals surface area contributed by atoms with Crippen LogP contribution in [0.25, 0.3) is 11.4 Å². The fourth-order valence-electron chi connectivity index (χ4n) is 3.17. The van der Waals surface area contributed by atoms with Gasteiger partial charge in [0, 0.05) is 37.4 Å². The third-order valence-corrected chi connectivity index (χ3v) is 4.73. The first-order valence-corrected chi connectivity index (χ1v) is 8.89. The van der Waals surface area contributed by atoms with Gasteiger partial charge in [-0.3, -0.25) is 0 Å². The van der Waals surface area contributed by atoms with Gasteiger partial charge in [0.15, 0.2) is 0 Å². The van der Waals surface area contributed by atoms with Crippen molar-refractivity contribution in [2.24, 2.45) is 0 Å². The number of piperazine rings is 1. The lowest BCUT2D eigenvalue weighted by Gasteiger charge is -2.35. The predicted molar refractivity (Wildman–Crippen MR) is 104 cm³/mol. The summed E-state index contributed by atoms with van der Waals surface area (Å²) in [5, 5.41) is 4.12. The predicted octanol–water partition coefficient (Wildman–Crippen LogP) is 3.08. The maximum atomic E-state index is 5.49. The Hall–Kier alpha value is -3.22. The summed E-state index contributed by atoms with van der Waals surface area (Å²) >= 11 is 0. The summed E-state index contributed by atoms with van der Waals surface area (Å²) in [6, 6.07) is 16.3. The molecular weight excluding hydrogens is 344 g/mol. The van der Waals surface area contributed by atoms with Crippen LogP contribution in [0.1, 0.15) is 0 Å². The van der Waals surface area contributed by atoms with Crippen LogP contribution in [0.15, 0.2) is 53.1 Å². The Morgan fingerprint density at radius 3 is 2.26 bits per heavy atom. The van der Waals surface area contributed by atoms with Gasteiger partial charge in [0.05, 0.1) is 14.2 Å². The summed E-state index contributed by atoms with van der Waals surface area (Å²) in [4.78, 5) is 9.02. The highest BCUT2D eigenvalue weighted by Gasteiger charge is 2.22. The minimum atomic E-state index is 0.558. The van der Waals surface area contributed by atoms with Crippen molar-refractivity contribution in [1.82, 2.24) is 10.1 Å². The first-order valence-electron chi connectivity index (χ1n) is 8.89. The molecule has 0 saturated carbocycles. The Balaban J connectivity index is 1.41. The average Bonchev–Trinajstić information content (AvgIpc) is 3.24. The van der Waals surface area contributed by atoms with E-state index >= 15 is 0 Å². The van der Waals surface area contributed by atoms with Gasteiger partial charge in [-0.15, -0.1) is 0 Å². The van der Waals surface area contributed by atoms with Crippen LogP contribution in [0, 0.1) is 0 Å². The molecule has 1 aromatic heterocycles. The summed E-state index contributed by atoms with van der Waals surface area (Å²) in [6.07, 6.45) is 0. The Labute approximate surface area is 158 Å². The number of anilines is 2. The zero-order valence-corrected chi connectivity index (χ0v) is 15.5. The molecule has 7 heteroatoms. The number of aromatic nitrogens is 2. The molecule has 0 aliphatic carbocycles. The second-order valence-corrected chi connectivity index (χ2v) is 6.30. The topological polar surface area (TPSA) is 63.9 Å². The van der Waals surface area contributed by atoms with Crippen LogP contribution in [0.5, 0.6) is 11.5 Å². The number of rotatable bonds is 5. The molecule has 0 bridgehead atoms. The van der Waals surface area contributed by atoms with Crippen LogP contribution in [0.2, 0.25) is 0 Å². The Bertz CT molecular complexity index is 886. The van der Waals surface area contributed by atoms with Crippen molar-refractivity contribution < 1.29 is 14.0 Å².